The van der Waals surface area contributed by atoms with Gasteiger partial charge in [-0.25, -0.2) is 4.79 Å². The lowest BCUT2D eigenvalue weighted by molar-refractivity contribution is -0.148. The minimum Gasteiger partial charge on any atom is -0.462 e. The molecule has 6 heteroatoms. The van der Waals surface area contributed by atoms with Crippen LogP contribution in [0.15, 0.2) is 24.3 Å². The summed E-state index contributed by atoms with van der Waals surface area (Å²) in [4.78, 5) is 35.5. The first-order valence-corrected chi connectivity index (χ1v) is 9.27. The molecular weight excluding hydrogens is 334 g/mol. The number of hydrogen-bond acceptors (Lipinski definition) is 5. The Labute approximate surface area is 153 Å². The molecule has 0 aliphatic heterocycles. The number of benzene rings is 1. The Morgan fingerprint density at radius 3 is 2.46 bits per heavy atom. The molecule has 0 heterocycles. The Morgan fingerprint density at radius 2 is 1.85 bits per heavy atom. The minimum absolute atomic E-state index is 0.292. The van der Waals surface area contributed by atoms with E-state index >= 15 is 0 Å². The third-order valence-electron chi connectivity index (χ3n) is 5.36. The van der Waals surface area contributed by atoms with Crippen LogP contribution in [0.1, 0.15) is 49.4 Å². The van der Waals surface area contributed by atoms with E-state index in [2.05, 4.69) is 5.32 Å². The van der Waals surface area contributed by atoms with Crippen molar-refractivity contribution < 1.29 is 23.9 Å². The van der Waals surface area contributed by atoms with Gasteiger partial charge in [-0.05, 0) is 68.2 Å². The molecule has 2 bridgehead atoms. The highest BCUT2D eigenvalue weighted by Gasteiger charge is 2.40. The van der Waals surface area contributed by atoms with Crippen LogP contribution in [0.5, 0.6) is 0 Å². The van der Waals surface area contributed by atoms with Gasteiger partial charge in [-0.3, -0.25) is 9.59 Å². The number of rotatable bonds is 7. The third-order valence-corrected chi connectivity index (χ3v) is 5.36. The van der Waals surface area contributed by atoms with Gasteiger partial charge in [-0.1, -0.05) is 6.42 Å². The van der Waals surface area contributed by atoms with Crippen molar-refractivity contribution >= 4 is 23.5 Å². The molecular formula is C20H25NO5. The largest absolute Gasteiger partial charge is 0.462 e. The van der Waals surface area contributed by atoms with Gasteiger partial charge in [-0.15, -0.1) is 0 Å². The van der Waals surface area contributed by atoms with Gasteiger partial charge >= 0.3 is 11.9 Å². The maximum Gasteiger partial charge on any atom is 0.338 e. The number of fused-ring (bicyclic) bond motifs is 2. The number of esters is 2. The van der Waals surface area contributed by atoms with Crippen LogP contribution in [0.25, 0.3) is 0 Å². The van der Waals surface area contributed by atoms with E-state index in [0.29, 0.717) is 36.1 Å². The van der Waals surface area contributed by atoms with E-state index in [9.17, 15) is 14.4 Å². The molecule has 3 atom stereocenters. The summed E-state index contributed by atoms with van der Waals surface area (Å²) in [6, 6.07) is 6.38. The summed E-state index contributed by atoms with van der Waals surface area (Å²) >= 11 is 0. The first-order valence-electron chi connectivity index (χ1n) is 9.27. The zero-order valence-electron chi connectivity index (χ0n) is 15.0. The molecule has 0 radical (unpaired) electrons. The summed E-state index contributed by atoms with van der Waals surface area (Å²) in [5, 5.41) is 2.65. The van der Waals surface area contributed by atoms with Crippen molar-refractivity contribution in [1.29, 1.82) is 0 Å². The summed E-state index contributed by atoms with van der Waals surface area (Å²) in [5.41, 5.74) is 0.953. The van der Waals surface area contributed by atoms with Crippen LogP contribution in [0.4, 0.5) is 5.69 Å². The Balaban J connectivity index is 1.39. The zero-order chi connectivity index (χ0) is 18.5. The summed E-state index contributed by atoms with van der Waals surface area (Å²) in [6.07, 6.45) is 5.32. The molecule has 0 unspecified atom stereocenters. The van der Waals surface area contributed by atoms with Crippen molar-refractivity contribution in [2.45, 2.75) is 39.0 Å². The van der Waals surface area contributed by atoms with E-state index in [-0.39, 0.29) is 12.6 Å². The van der Waals surface area contributed by atoms with Crippen LogP contribution in [0.2, 0.25) is 0 Å². The SMILES string of the molecule is CCOC(=O)c1ccc(NC(=O)COC(=O)C[C@H]2C[C@@H]3CC[C@H]2C3)cc1. The molecule has 1 N–H and O–H groups in total. The quantitative estimate of drug-likeness (QED) is 0.756. The van der Waals surface area contributed by atoms with Gasteiger partial charge in [0.1, 0.15) is 0 Å². The van der Waals surface area contributed by atoms with Gasteiger partial charge in [0.05, 0.1) is 12.2 Å². The molecule has 1 amide bonds. The van der Waals surface area contributed by atoms with Crippen molar-refractivity contribution in [2.75, 3.05) is 18.5 Å². The van der Waals surface area contributed by atoms with E-state index in [1.54, 1.807) is 31.2 Å². The number of ether oxygens (including phenoxy) is 2. The lowest BCUT2D eigenvalue weighted by Crippen LogP contribution is -2.23. The van der Waals surface area contributed by atoms with E-state index in [1.165, 1.54) is 19.3 Å². The average Bonchev–Trinajstić information content (AvgIpc) is 3.24. The second kappa shape index (κ2) is 8.34. The van der Waals surface area contributed by atoms with E-state index in [4.69, 9.17) is 9.47 Å². The molecule has 2 saturated carbocycles. The molecule has 2 aliphatic rings. The van der Waals surface area contributed by atoms with E-state index < -0.39 is 11.9 Å². The lowest BCUT2D eigenvalue weighted by Gasteiger charge is -2.20. The molecule has 26 heavy (non-hydrogen) atoms. The molecule has 2 fully saturated rings. The number of anilines is 1. The molecule has 0 saturated heterocycles. The smallest absolute Gasteiger partial charge is 0.338 e. The molecule has 0 aromatic heterocycles. The highest BCUT2D eigenvalue weighted by molar-refractivity contribution is 5.94. The van der Waals surface area contributed by atoms with Crippen LogP contribution in [-0.2, 0) is 19.1 Å². The standard InChI is InChI=1S/C20H25NO5/c1-2-25-20(24)14-5-7-17(8-6-14)21-18(22)12-26-19(23)11-16-10-13-3-4-15(16)9-13/h5-8,13,15-16H,2-4,9-12H2,1H3,(H,21,22)/t13-,15+,16-/m1/s1. The summed E-state index contributed by atoms with van der Waals surface area (Å²) in [6.45, 7) is 1.76. The Kier molecular flexibility index (Phi) is 5.91. The normalized spacial score (nSPS) is 23.5. The number of amides is 1. The van der Waals surface area contributed by atoms with Gasteiger partial charge in [0.25, 0.3) is 5.91 Å². The van der Waals surface area contributed by atoms with Crippen LogP contribution in [-0.4, -0.2) is 31.1 Å². The fraction of sp³-hybridized carbons (Fsp3) is 0.550. The molecule has 6 nitrogen and oxygen atoms in total. The van der Waals surface area contributed by atoms with Gasteiger partial charge in [0.15, 0.2) is 6.61 Å². The van der Waals surface area contributed by atoms with Crippen LogP contribution in [0.3, 0.4) is 0 Å². The van der Waals surface area contributed by atoms with Crippen molar-refractivity contribution in [3.63, 3.8) is 0 Å². The zero-order valence-corrected chi connectivity index (χ0v) is 15.0. The fourth-order valence-electron chi connectivity index (χ4n) is 4.15. The second-order valence-corrected chi connectivity index (χ2v) is 7.15. The molecule has 2 aliphatic carbocycles. The fourth-order valence-corrected chi connectivity index (χ4v) is 4.15. The molecule has 0 spiro atoms. The number of nitrogens with one attached hydrogen (secondary N) is 1. The monoisotopic (exact) mass is 359 g/mol. The van der Waals surface area contributed by atoms with Crippen molar-refractivity contribution in [3.8, 4) is 0 Å². The van der Waals surface area contributed by atoms with Crippen molar-refractivity contribution in [3.05, 3.63) is 29.8 Å². The first-order chi connectivity index (χ1) is 12.5. The predicted molar refractivity (Wildman–Crippen MR) is 95.5 cm³/mol. The third kappa shape index (κ3) is 4.62. The topological polar surface area (TPSA) is 81.7 Å². The Bertz CT molecular complexity index is 669. The molecule has 140 valence electrons. The predicted octanol–water partition coefficient (Wildman–Crippen LogP) is 3.17. The van der Waals surface area contributed by atoms with Crippen molar-refractivity contribution in [2.24, 2.45) is 17.8 Å². The lowest BCUT2D eigenvalue weighted by atomic mass is 9.86. The Morgan fingerprint density at radius 1 is 1.08 bits per heavy atom. The van der Waals surface area contributed by atoms with Crippen LogP contribution >= 0.6 is 0 Å². The van der Waals surface area contributed by atoms with Gasteiger partial charge in [-0.2, -0.15) is 0 Å². The second-order valence-electron chi connectivity index (χ2n) is 7.15. The van der Waals surface area contributed by atoms with Crippen LogP contribution in [0, 0.1) is 17.8 Å². The van der Waals surface area contributed by atoms with E-state index in [0.717, 1.165) is 12.3 Å². The Hall–Kier alpha value is -2.37. The summed E-state index contributed by atoms with van der Waals surface area (Å²) in [5.74, 6) is 0.795. The number of carbonyl (C=O) groups excluding carboxylic acids is 3. The number of carbonyl (C=O) groups is 3. The number of hydrogen-bond donors (Lipinski definition) is 1. The summed E-state index contributed by atoms with van der Waals surface area (Å²) < 4.78 is 10.0. The maximum absolute atomic E-state index is 12.0. The molecule has 1 aromatic rings. The van der Waals surface area contributed by atoms with E-state index in [1.807, 2.05) is 0 Å². The highest BCUT2D eigenvalue weighted by Crippen LogP contribution is 2.49. The molecule has 1 aromatic carbocycles. The van der Waals surface area contributed by atoms with Gasteiger partial charge < -0.3 is 14.8 Å². The van der Waals surface area contributed by atoms with Gasteiger partial charge in [0, 0.05) is 12.1 Å². The van der Waals surface area contributed by atoms with Crippen LogP contribution < -0.4 is 5.32 Å². The first kappa shape index (κ1) is 18.4. The minimum atomic E-state index is -0.403. The maximum atomic E-state index is 12.0. The van der Waals surface area contributed by atoms with Crippen molar-refractivity contribution in [1.82, 2.24) is 0 Å². The molecule has 3 rings (SSSR count). The average molecular weight is 359 g/mol. The van der Waals surface area contributed by atoms with Gasteiger partial charge in [0.2, 0.25) is 0 Å². The highest BCUT2D eigenvalue weighted by atomic mass is 16.5. The summed E-state index contributed by atoms with van der Waals surface area (Å²) in [7, 11) is 0.